The summed E-state index contributed by atoms with van der Waals surface area (Å²) in [5.74, 6) is -1.82. The minimum absolute atomic E-state index is 0.0482. The van der Waals surface area contributed by atoms with Crippen molar-refractivity contribution in [2.24, 2.45) is 0 Å². The lowest BCUT2D eigenvalue weighted by atomic mass is 9.96. The largest absolute Gasteiger partial charge is 0.264 e. The maximum atomic E-state index is 14.6. The van der Waals surface area contributed by atoms with Crippen LogP contribution in [0.2, 0.25) is 0 Å². The summed E-state index contributed by atoms with van der Waals surface area (Å²) in [5.41, 5.74) is 1.77. The van der Waals surface area contributed by atoms with Crippen LogP contribution in [0.3, 0.4) is 0 Å². The molecule has 0 saturated carbocycles. The summed E-state index contributed by atoms with van der Waals surface area (Å²) < 4.78 is 52.7. The molecule has 3 rings (SSSR count). The molecule has 0 atom stereocenters. The van der Waals surface area contributed by atoms with E-state index in [2.05, 4.69) is 20.9 Å². The van der Waals surface area contributed by atoms with Crippen molar-refractivity contribution in [2.45, 2.75) is 4.90 Å². The first-order valence-corrected chi connectivity index (χ1v) is 9.85. The Morgan fingerprint density at radius 1 is 0.960 bits per heavy atom. The molecule has 3 aromatic rings. The number of nitrogens with zero attached hydrogens (tertiary/aromatic N) is 1. The number of pyridine rings is 1. The highest BCUT2D eigenvalue weighted by molar-refractivity contribution is 9.10. The monoisotopic (exact) mass is 423 g/mol. The van der Waals surface area contributed by atoms with Gasteiger partial charge in [0.25, 0.3) is 0 Å². The Labute approximate surface area is 152 Å². The van der Waals surface area contributed by atoms with Crippen molar-refractivity contribution in [2.75, 3.05) is 6.26 Å². The summed E-state index contributed by atoms with van der Waals surface area (Å²) in [6.07, 6.45) is 3.81. The van der Waals surface area contributed by atoms with E-state index in [4.69, 9.17) is 0 Å². The zero-order valence-corrected chi connectivity index (χ0v) is 15.4. The summed E-state index contributed by atoms with van der Waals surface area (Å²) in [4.78, 5) is 3.33. The fraction of sp³-hybridized carbons (Fsp3) is 0.0556. The van der Waals surface area contributed by atoms with Gasteiger partial charge in [-0.1, -0.05) is 28.1 Å². The van der Waals surface area contributed by atoms with Crippen LogP contribution in [-0.2, 0) is 9.84 Å². The Kier molecular flexibility index (Phi) is 4.71. The number of halogens is 3. The Morgan fingerprint density at radius 2 is 1.72 bits per heavy atom. The van der Waals surface area contributed by atoms with Gasteiger partial charge in [0.15, 0.2) is 9.84 Å². The summed E-state index contributed by atoms with van der Waals surface area (Å²) in [6.45, 7) is 0. The highest BCUT2D eigenvalue weighted by atomic mass is 79.9. The molecule has 7 heteroatoms. The minimum atomic E-state index is -3.86. The number of hydrogen-bond donors (Lipinski definition) is 0. The lowest BCUT2D eigenvalue weighted by Crippen LogP contribution is -2.03. The quantitative estimate of drug-likeness (QED) is 0.604. The van der Waals surface area contributed by atoms with Crippen LogP contribution < -0.4 is 0 Å². The number of benzene rings is 2. The predicted molar refractivity (Wildman–Crippen MR) is 95.8 cm³/mol. The highest BCUT2D eigenvalue weighted by Crippen LogP contribution is 2.35. The van der Waals surface area contributed by atoms with E-state index < -0.39 is 26.4 Å². The predicted octanol–water partition coefficient (Wildman–Crippen LogP) is 4.86. The van der Waals surface area contributed by atoms with Crippen molar-refractivity contribution in [1.29, 1.82) is 0 Å². The maximum Gasteiger partial charge on any atom is 0.178 e. The topological polar surface area (TPSA) is 47.0 Å². The molecule has 1 aromatic heterocycles. The van der Waals surface area contributed by atoms with Crippen molar-refractivity contribution in [3.05, 3.63) is 71.0 Å². The van der Waals surface area contributed by atoms with E-state index in [-0.39, 0.29) is 5.56 Å². The molecule has 1 heterocycles. The van der Waals surface area contributed by atoms with Crippen LogP contribution in [0.5, 0.6) is 0 Å². The molecule has 0 fully saturated rings. The third kappa shape index (κ3) is 3.62. The van der Waals surface area contributed by atoms with Crippen molar-refractivity contribution in [3.63, 3.8) is 0 Å². The molecule has 0 spiro atoms. The van der Waals surface area contributed by atoms with E-state index in [0.29, 0.717) is 17.2 Å². The second-order valence-corrected chi connectivity index (χ2v) is 8.37. The van der Waals surface area contributed by atoms with Crippen LogP contribution in [-0.4, -0.2) is 19.7 Å². The van der Waals surface area contributed by atoms with E-state index in [0.717, 1.165) is 22.4 Å². The minimum Gasteiger partial charge on any atom is -0.264 e. The smallest absolute Gasteiger partial charge is 0.178 e. The molecule has 25 heavy (non-hydrogen) atoms. The second kappa shape index (κ2) is 6.65. The lowest BCUT2D eigenvalue weighted by Gasteiger charge is -2.12. The molecular formula is C18H12BrF2NO2S. The van der Waals surface area contributed by atoms with Gasteiger partial charge in [0, 0.05) is 34.2 Å². The first-order valence-electron chi connectivity index (χ1n) is 7.17. The molecule has 0 aliphatic rings. The standard InChI is InChI=1S/C18H12BrF2NO2S/c1-25(23,24)18-9-16(20)14(8-17(18)21)15-10-22-6-5-13(15)11-3-2-4-12(19)7-11/h2-10H,1H3. The molecule has 0 aliphatic heterocycles. The molecule has 3 nitrogen and oxygen atoms in total. The van der Waals surface area contributed by atoms with E-state index in [1.165, 1.54) is 6.20 Å². The van der Waals surface area contributed by atoms with E-state index >= 15 is 0 Å². The van der Waals surface area contributed by atoms with Crippen LogP contribution in [0, 0.1) is 11.6 Å². The second-order valence-electron chi connectivity index (χ2n) is 5.47. The van der Waals surface area contributed by atoms with Gasteiger partial charge in [-0.05, 0) is 41.5 Å². The van der Waals surface area contributed by atoms with Crippen molar-refractivity contribution < 1.29 is 17.2 Å². The first-order chi connectivity index (χ1) is 11.8. The van der Waals surface area contributed by atoms with Gasteiger partial charge < -0.3 is 0 Å². The molecule has 0 N–H and O–H groups in total. The van der Waals surface area contributed by atoms with Gasteiger partial charge in [0.05, 0.1) is 0 Å². The number of hydrogen-bond acceptors (Lipinski definition) is 3. The van der Waals surface area contributed by atoms with E-state index in [1.54, 1.807) is 12.3 Å². The molecule has 0 bridgehead atoms. The molecule has 0 unspecified atom stereocenters. The Morgan fingerprint density at radius 3 is 2.40 bits per heavy atom. The molecule has 128 valence electrons. The van der Waals surface area contributed by atoms with Gasteiger partial charge in [-0.3, -0.25) is 4.98 Å². The first kappa shape index (κ1) is 17.7. The molecule has 0 aliphatic carbocycles. The molecule has 0 amide bonds. The zero-order chi connectivity index (χ0) is 18.2. The SMILES string of the molecule is CS(=O)(=O)c1cc(F)c(-c2cnccc2-c2cccc(Br)c2)cc1F. The Balaban J connectivity index is 2.24. The van der Waals surface area contributed by atoms with E-state index in [9.17, 15) is 17.2 Å². The van der Waals surface area contributed by atoms with Gasteiger partial charge in [-0.25, -0.2) is 17.2 Å². The van der Waals surface area contributed by atoms with E-state index in [1.807, 2.05) is 24.3 Å². The van der Waals surface area contributed by atoms with Crippen LogP contribution >= 0.6 is 15.9 Å². The van der Waals surface area contributed by atoms with Gasteiger partial charge in [-0.15, -0.1) is 0 Å². The van der Waals surface area contributed by atoms with Gasteiger partial charge in [-0.2, -0.15) is 0 Å². The fourth-order valence-corrected chi connectivity index (χ4v) is 3.67. The maximum absolute atomic E-state index is 14.6. The van der Waals surface area contributed by atoms with Crippen molar-refractivity contribution in [3.8, 4) is 22.3 Å². The van der Waals surface area contributed by atoms with Crippen molar-refractivity contribution in [1.82, 2.24) is 4.98 Å². The zero-order valence-electron chi connectivity index (χ0n) is 13.0. The molecule has 0 saturated heterocycles. The molecule has 0 radical (unpaired) electrons. The summed E-state index contributed by atoms with van der Waals surface area (Å²) >= 11 is 3.38. The Bertz CT molecular complexity index is 1070. The third-order valence-corrected chi connectivity index (χ3v) is 5.27. The average Bonchev–Trinajstić information content (AvgIpc) is 2.55. The van der Waals surface area contributed by atoms with Crippen molar-refractivity contribution >= 4 is 25.8 Å². The highest BCUT2D eigenvalue weighted by Gasteiger charge is 2.20. The van der Waals surface area contributed by atoms with Gasteiger partial charge >= 0.3 is 0 Å². The molecular weight excluding hydrogens is 412 g/mol. The number of aromatic nitrogens is 1. The summed E-state index contributed by atoms with van der Waals surface area (Å²) in [6, 6.07) is 10.7. The van der Waals surface area contributed by atoms with Crippen LogP contribution in [0.1, 0.15) is 0 Å². The van der Waals surface area contributed by atoms with Gasteiger partial charge in [0.2, 0.25) is 0 Å². The lowest BCUT2D eigenvalue weighted by molar-refractivity contribution is 0.557. The van der Waals surface area contributed by atoms with Crippen LogP contribution in [0.4, 0.5) is 8.78 Å². The fourth-order valence-electron chi connectivity index (χ4n) is 2.54. The molecule has 2 aromatic carbocycles. The normalized spacial score (nSPS) is 11.5. The number of sulfone groups is 1. The average molecular weight is 424 g/mol. The number of rotatable bonds is 3. The van der Waals surface area contributed by atoms with Gasteiger partial charge in [0.1, 0.15) is 16.5 Å². The third-order valence-electron chi connectivity index (χ3n) is 3.67. The van der Waals surface area contributed by atoms with Crippen LogP contribution in [0.15, 0.2) is 64.2 Å². The summed E-state index contributed by atoms with van der Waals surface area (Å²) in [5, 5.41) is 0. The Hall–Kier alpha value is -2.12. The van der Waals surface area contributed by atoms with Crippen LogP contribution in [0.25, 0.3) is 22.3 Å². The summed E-state index contributed by atoms with van der Waals surface area (Å²) in [7, 11) is -3.86.